The van der Waals surface area contributed by atoms with Gasteiger partial charge in [-0.1, -0.05) is 11.8 Å². The molecular formula is C28H25FN4O4S. The number of ether oxygens (including phenoxy) is 1. The molecule has 0 saturated heterocycles. The second-order valence-electron chi connectivity index (χ2n) is 8.22. The van der Waals surface area contributed by atoms with Gasteiger partial charge in [0.2, 0.25) is 5.91 Å². The Balaban J connectivity index is 1.55. The van der Waals surface area contributed by atoms with E-state index < -0.39 is 17.6 Å². The third-order valence-electron chi connectivity index (χ3n) is 5.62. The van der Waals surface area contributed by atoms with Crippen LogP contribution in [0.25, 0.3) is 0 Å². The van der Waals surface area contributed by atoms with Gasteiger partial charge in [-0.05, 0) is 74.5 Å². The Morgan fingerprint density at radius 1 is 1.11 bits per heavy atom. The minimum Gasteiger partial charge on any atom is -0.494 e. The van der Waals surface area contributed by atoms with Gasteiger partial charge < -0.3 is 25.1 Å². The molecule has 194 valence electrons. The molecule has 2 amide bonds. The molecule has 2 heterocycles. The molecule has 1 aliphatic heterocycles. The summed E-state index contributed by atoms with van der Waals surface area (Å²) < 4.78 is 24.2. The summed E-state index contributed by atoms with van der Waals surface area (Å²) in [7, 11) is 0. The summed E-state index contributed by atoms with van der Waals surface area (Å²) in [6.45, 7) is 4.16. The van der Waals surface area contributed by atoms with E-state index in [-0.39, 0.29) is 17.2 Å². The monoisotopic (exact) mass is 532 g/mol. The zero-order chi connectivity index (χ0) is 27.1. The molecule has 0 unspecified atom stereocenters. The lowest BCUT2D eigenvalue weighted by atomic mass is 9.85. The van der Waals surface area contributed by atoms with Gasteiger partial charge in [-0.25, -0.2) is 4.39 Å². The van der Waals surface area contributed by atoms with Crippen LogP contribution in [0, 0.1) is 17.1 Å². The fourth-order valence-electron chi connectivity index (χ4n) is 3.94. The summed E-state index contributed by atoms with van der Waals surface area (Å²) in [5, 5.41) is 19.3. The number of amides is 2. The van der Waals surface area contributed by atoms with Gasteiger partial charge in [0.05, 0.1) is 46.8 Å². The molecule has 38 heavy (non-hydrogen) atoms. The number of hydrogen-bond acceptors (Lipinski definition) is 7. The van der Waals surface area contributed by atoms with Crippen molar-refractivity contribution in [2.24, 2.45) is 0 Å². The van der Waals surface area contributed by atoms with Crippen molar-refractivity contribution in [3.8, 4) is 11.8 Å². The van der Waals surface area contributed by atoms with Crippen LogP contribution in [0.4, 0.5) is 15.8 Å². The highest BCUT2D eigenvalue weighted by Gasteiger charge is 2.36. The largest absolute Gasteiger partial charge is 0.494 e. The maximum atomic E-state index is 13.4. The second-order valence-corrected chi connectivity index (χ2v) is 9.21. The van der Waals surface area contributed by atoms with Crippen LogP contribution >= 0.6 is 11.8 Å². The summed E-state index contributed by atoms with van der Waals surface area (Å²) in [5.41, 5.74) is 2.13. The fourth-order valence-corrected chi connectivity index (χ4v) is 4.83. The van der Waals surface area contributed by atoms with E-state index in [1.54, 1.807) is 43.3 Å². The van der Waals surface area contributed by atoms with E-state index in [9.17, 15) is 19.2 Å². The van der Waals surface area contributed by atoms with E-state index in [0.29, 0.717) is 45.8 Å². The van der Waals surface area contributed by atoms with Crippen LogP contribution in [0.5, 0.6) is 5.75 Å². The van der Waals surface area contributed by atoms with Crippen LogP contribution in [0.3, 0.4) is 0 Å². The molecular weight excluding hydrogens is 507 g/mol. The number of carbonyl (C=O) groups is 2. The van der Waals surface area contributed by atoms with E-state index in [1.807, 2.05) is 6.92 Å². The summed E-state index contributed by atoms with van der Waals surface area (Å²) in [6.07, 6.45) is 1.48. The van der Waals surface area contributed by atoms with E-state index in [0.717, 1.165) is 11.8 Å². The Kier molecular flexibility index (Phi) is 8.51. The number of furan rings is 1. The molecule has 0 fully saturated rings. The lowest BCUT2D eigenvalue weighted by Gasteiger charge is -2.28. The maximum Gasteiger partial charge on any atom is 0.254 e. The zero-order valence-corrected chi connectivity index (χ0v) is 21.5. The van der Waals surface area contributed by atoms with Gasteiger partial charge >= 0.3 is 0 Å². The number of allylic oxidation sites excluding steroid dienone is 2. The lowest BCUT2D eigenvalue weighted by molar-refractivity contribution is -0.114. The van der Waals surface area contributed by atoms with Crippen molar-refractivity contribution in [1.29, 1.82) is 5.26 Å². The summed E-state index contributed by atoms with van der Waals surface area (Å²) in [5.74, 6) is -0.809. The Morgan fingerprint density at radius 3 is 2.42 bits per heavy atom. The standard InChI is InChI=1S/C28H25FN4O4S/c1-3-36-21-12-10-20(11-13-21)33-27(35)25-17(2)31-28(22(15-30)26(25)23-5-4-14-37-23)38-16-24(34)32-19-8-6-18(29)7-9-19/h4-14,26,31H,3,16H2,1-2H3,(H,32,34)(H,33,35)/t26-/m0/s1. The third kappa shape index (κ3) is 6.25. The van der Waals surface area contributed by atoms with Gasteiger partial charge in [0, 0.05) is 17.1 Å². The van der Waals surface area contributed by atoms with E-state index in [1.165, 1.54) is 30.5 Å². The smallest absolute Gasteiger partial charge is 0.254 e. The molecule has 1 aliphatic rings. The number of nitriles is 1. The Morgan fingerprint density at radius 2 is 1.79 bits per heavy atom. The van der Waals surface area contributed by atoms with Gasteiger partial charge in [0.25, 0.3) is 5.91 Å². The zero-order valence-electron chi connectivity index (χ0n) is 20.7. The minimum absolute atomic E-state index is 0.0171. The summed E-state index contributed by atoms with van der Waals surface area (Å²) in [4.78, 5) is 25.9. The van der Waals surface area contributed by atoms with Gasteiger partial charge in [-0.3, -0.25) is 9.59 Å². The van der Waals surface area contributed by atoms with E-state index in [2.05, 4.69) is 22.0 Å². The normalized spacial score (nSPS) is 14.9. The highest BCUT2D eigenvalue weighted by molar-refractivity contribution is 8.03. The number of anilines is 2. The number of halogens is 1. The molecule has 3 N–H and O–H groups in total. The molecule has 10 heteroatoms. The van der Waals surface area contributed by atoms with Gasteiger partial charge in [-0.2, -0.15) is 5.26 Å². The molecule has 0 radical (unpaired) electrons. The highest BCUT2D eigenvalue weighted by atomic mass is 32.2. The molecule has 1 atom stereocenters. The first-order valence-electron chi connectivity index (χ1n) is 11.8. The molecule has 4 rings (SSSR count). The van der Waals surface area contributed by atoms with Crippen LogP contribution in [-0.4, -0.2) is 24.2 Å². The average molecular weight is 533 g/mol. The first kappa shape index (κ1) is 26.6. The topological polar surface area (TPSA) is 116 Å². The maximum absolute atomic E-state index is 13.4. The molecule has 0 bridgehead atoms. The predicted octanol–water partition coefficient (Wildman–Crippen LogP) is 5.52. The number of nitrogens with zero attached hydrogens (tertiary/aromatic N) is 1. The molecule has 2 aromatic carbocycles. The first-order chi connectivity index (χ1) is 18.4. The van der Waals surface area contributed by atoms with Crippen LogP contribution in [0.1, 0.15) is 25.5 Å². The Labute approximate surface area is 223 Å². The van der Waals surface area contributed by atoms with Crippen LogP contribution in [-0.2, 0) is 9.59 Å². The SMILES string of the molecule is CCOc1ccc(NC(=O)C2=C(C)NC(SCC(=O)Nc3ccc(F)cc3)=C(C#N)[C@H]2c2ccco2)cc1. The van der Waals surface area contributed by atoms with Crippen LogP contribution in [0.15, 0.2) is 93.2 Å². The Hall–Kier alpha value is -4.49. The predicted molar refractivity (Wildman–Crippen MR) is 144 cm³/mol. The number of hydrogen-bond donors (Lipinski definition) is 3. The molecule has 0 saturated carbocycles. The van der Waals surface area contributed by atoms with Crippen molar-refractivity contribution in [2.75, 3.05) is 23.0 Å². The number of dihydropyridines is 1. The van der Waals surface area contributed by atoms with Gasteiger partial charge in [-0.15, -0.1) is 0 Å². The van der Waals surface area contributed by atoms with E-state index >= 15 is 0 Å². The number of nitrogens with one attached hydrogen (secondary N) is 3. The summed E-state index contributed by atoms with van der Waals surface area (Å²) in [6, 6.07) is 18.0. The average Bonchev–Trinajstić information content (AvgIpc) is 3.44. The molecule has 0 aliphatic carbocycles. The van der Waals surface area contributed by atoms with Gasteiger partial charge in [0.15, 0.2) is 0 Å². The second kappa shape index (κ2) is 12.2. The third-order valence-corrected chi connectivity index (χ3v) is 6.64. The number of rotatable bonds is 9. The number of thioether (sulfide) groups is 1. The number of benzene rings is 2. The van der Waals surface area contributed by atoms with Gasteiger partial charge in [0.1, 0.15) is 17.3 Å². The van der Waals surface area contributed by atoms with E-state index in [4.69, 9.17) is 9.15 Å². The lowest BCUT2D eigenvalue weighted by Crippen LogP contribution is -2.31. The van der Waals surface area contributed by atoms with Crippen molar-refractivity contribution in [1.82, 2.24) is 5.32 Å². The minimum atomic E-state index is -0.776. The van der Waals surface area contributed by atoms with Crippen molar-refractivity contribution < 1.29 is 23.1 Å². The van der Waals surface area contributed by atoms with Crippen LogP contribution in [0.2, 0.25) is 0 Å². The molecule has 0 spiro atoms. The Bertz CT molecular complexity index is 1410. The highest BCUT2D eigenvalue weighted by Crippen LogP contribution is 2.41. The van der Waals surface area contributed by atoms with Crippen molar-refractivity contribution >= 4 is 35.0 Å². The van der Waals surface area contributed by atoms with Crippen molar-refractivity contribution in [2.45, 2.75) is 19.8 Å². The van der Waals surface area contributed by atoms with Crippen molar-refractivity contribution in [3.05, 3.63) is 100 Å². The van der Waals surface area contributed by atoms with Crippen LogP contribution < -0.4 is 20.7 Å². The number of carbonyl (C=O) groups excluding carboxylic acids is 2. The fraction of sp³-hybridized carbons (Fsp3) is 0.179. The molecule has 8 nitrogen and oxygen atoms in total. The van der Waals surface area contributed by atoms with Crippen molar-refractivity contribution in [3.63, 3.8) is 0 Å². The summed E-state index contributed by atoms with van der Waals surface area (Å²) >= 11 is 1.13. The molecule has 3 aromatic rings. The quantitative estimate of drug-likeness (QED) is 0.332. The first-order valence-corrected chi connectivity index (χ1v) is 12.8. The molecule has 1 aromatic heterocycles.